The van der Waals surface area contributed by atoms with Crippen LogP contribution in [0.1, 0.15) is 29.9 Å². The highest BCUT2D eigenvalue weighted by Gasteiger charge is 2.33. The van der Waals surface area contributed by atoms with Crippen molar-refractivity contribution in [1.29, 1.82) is 0 Å². The monoisotopic (exact) mass is 372 g/mol. The molecule has 0 aliphatic heterocycles. The number of anilines is 2. The van der Waals surface area contributed by atoms with Crippen molar-refractivity contribution in [2.75, 3.05) is 17.2 Å². The molecule has 0 saturated carbocycles. The minimum absolute atomic E-state index is 0.0152. The van der Waals surface area contributed by atoms with Crippen LogP contribution in [0.5, 0.6) is 0 Å². The average Bonchev–Trinajstić information content (AvgIpc) is 2.54. The number of alkyl halides is 3. The molecule has 0 bridgehead atoms. The van der Waals surface area contributed by atoms with Crippen LogP contribution < -0.4 is 10.6 Å². The molecule has 0 atom stereocenters. The number of halogens is 4. The van der Waals surface area contributed by atoms with Crippen molar-refractivity contribution in [3.05, 3.63) is 46.6 Å². The Balaban J connectivity index is 2.09. The van der Waals surface area contributed by atoms with Gasteiger partial charge in [0.15, 0.2) is 5.69 Å². The first-order chi connectivity index (χ1) is 11.7. The molecule has 5 nitrogen and oxygen atoms in total. The number of hydrogen-bond acceptors (Lipinski definition) is 4. The van der Waals surface area contributed by atoms with E-state index in [0.29, 0.717) is 18.3 Å². The summed E-state index contributed by atoms with van der Waals surface area (Å²) in [7, 11) is 0. The summed E-state index contributed by atoms with van der Waals surface area (Å²) in [6, 6.07) is 6.14. The van der Waals surface area contributed by atoms with E-state index in [1.54, 1.807) is 6.07 Å². The minimum Gasteiger partial charge on any atom is -0.368 e. The molecule has 134 valence electrons. The van der Waals surface area contributed by atoms with E-state index < -0.39 is 22.7 Å². The van der Waals surface area contributed by atoms with Gasteiger partial charge in [-0.1, -0.05) is 25.4 Å². The van der Waals surface area contributed by atoms with Gasteiger partial charge in [0, 0.05) is 12.2 Å². The summed E-state index contributed by atoms with van der Waals surface area (Å²) in [5, 5.41) is 12.6. The Kier molecular flexibility index (Phi) is 5.84. The van der Waals surface area contributed by atoms with E-state index in [9.17, 15) is 18.0 Å². The van der Waals surface area contributed by atoms with Crippen molar-refractivity contribution >= 4 is 29.0 Å². The molecule has 2 rings (SSSR count). The van der Waals surface area contributed by atoms with Crippen molar-refractivity contribution in [2.45, 2.75) is 20.0 Å². The van der Waals surface area contributed by atoms with E-state index in [0.717, 1.165) is 12.1 Å². The second-order valence-electron chi connectivity index (χ2n) is 5.73. The molecule has 0 radical (unpaired) electrons. The van der Waals surface area contributed by atoms with Crippen LogP contribution in [0.25, 0.3) is 0 Å². The molecule has 0 fully saturated rings. The predicted molar refractivity (Wildman–Crippen MR) is 89.8 cm³/mol. The van der Waals surface area contributed by atoms with Gasteiger partial charge in [-0.05, 0) is 36.2 Å². The third-order valence-corrected chi connectivity index (χ3v) is 3.45. The zero-order valence-electron chi connectivity index (χ0n) is 13.5. The molecule has 1 aromatic heterocycles. The van der Waals surface area contributed by atoms with Gasteiger partial charge in [-0.15, -0.1) is 10.2 Å². The standard InChI is InChI=1S/C16H16ClF3N4O/c1-9(2)8-21-14-6-5-13(23-24-14)15(25)22-10-3-4-12(17)11(7-10)16(18,19)20/h3-7,9H,8H2,1-2H3,(H,21,24)(H,22,25). The highest BCUT2D eigenvalue weighted by Crippen LogP contribution is 2.36. The molecule has 0 spiro atoms. The van der Waals surface area contributed by atoms with Crippen molar-refractivity contribution in [3.63, 3.8) is 0 Å². The Morgan fingerprint density at radius 2 is 1.92 bits per heavy atom. The van der Waals surface area contributed by atoms with Gasteiger partial charge in [0.25, 0.3) is 5.91 Å². The van der Waals surface area contributed by atoms with Crippen LogP contribution in [0, 0.1) is 5.92 Å². The Hall–Kier alpha value is -2.35. The van der Waals surface area contributed by atoms with E-state index in [1.165, 1.54) is 12.1 Å². The van der Waals surface area contributed by atoms with Gasteiger partial charge in [0.2, 0.25) is 0 Å². The summed E-state index contributed by atoms with van der Waals surface area (Å²) in [6.45, 7) is 4.76. The summed E-state index contributed by atoms with van der Waals surface area (Å²) in [5.41, 5.74) is -1.07. The highest BCUT2D eigenvalue weighted by atomic mass is 35.5. The molecule has 25 heavy (non-hydrogen) atoms. The first-order valence-corrected chi connectivity index (χ1v) is 7.80. The van der Waals surface area contributed by atoms with E-state index in [2.05, 4.69) is 20.8 Å². The van der Waals surface area contributed by atoms with E-state index in [1.807, 2.05) is 13.8 Å². The Morgan fingerprint density at radius 1 is 1.20 bits per heavy atom. The number of rotatable bonds is 5. The molecule has 9 heteroatoms. The zero-order chi connectivity index (χ0) is 18.6. The lowest BCUT2D eigenvalue weighted by Crippen LogP contribution is -2.16. The maximum atomic E-state index is 12.8. The van der Waals surface area contributed by atoms with Crippen molar-refractivity contribution < 1.29 is 18.0 Å². The summed E-state index contributed by atoms with van der Waals surface area (Å²) < 4.78 is 38.5. The molecule has 0 unspecified atom stereocenters. The lowest BCUT2D eigenvalue weighted by Gasteiger charge is -2.11. The van der Waals surface area contributed by atoms with Crippen molar-refractivity contribution in [3.8, 4) is 0 Å². The van der Waals surface area contributed by atoms with E-state index in [4.69, 9.17) is 11.6 Å². The first-order valence-electron chi connectivity index (χ1n) is 7.42. The van der Waals surface area contributed by atoms with Crippen LogP contribution in [-0.4, -0.2) is 22.6 Å². The lowest BCUT2D eigenvalue weighted by atomic mass is 10.2. The number of carbonyl (C=O) groups is 1. The fraction of sp³-hybridized carbons (Fsp3) is 0.312. The highest BCUT2D eigenvalue weighted by molar-refractivity contribution is 6.31. The molecule has 0 saturated heterocycles. The largest absolute Gasteiger partial charge is 0.417 e. The van der Waals surface area contributed by atoms with E-state index in [-0.39, 0.29) is 11.4 Å². The van der Waals surface area contributed by atoms with Crippen molar-refractivity contribution in [1.82, 2.24) is 10.2 Å². The van der Waals surface area contributed by atoms with Gasteiger partial charge in [-0.3, -0.25) is 4.79 Å². The van der Waals surface area contributed by atoms with Crippen LogP contribution in [0.15, 0.2) is 30.3 Å². The summed E-state index contributed by atoms with van der Waals surface area (Å²) >= 11 is 5.54. The number of aromatic nitrogens is 2. The van der Waals surface area contributed by atoms with Gasteiger partial charge < -0.3 is 10.6 Å². The molecule has 2 N–H and O–H groups in total. The number of nitrogens with one attached hydrogen (secondary N) is 2. The molecule has 2 aromatic rings. The maximum Gasteiger partial charge on any atom is 0.417 e. The smallest absolute Gasteiger partial charge is 0.368 e. The maximum absolute atomic E-state index is 12.8. The van der Waals surface area contributed by atoms with Gasteiger partial charge in [-0.2, -0.15) is 13.2 Å². The van der Waals surface area contributed by atoms with Gasteiger partial charge >= 0.3 is 6.18 Å². The predicted octanol–water partition coefficient (Wildman–Crippen LogP) is 4.47. The Labute approximate surface area is 147 Å². The van der Waals surface area contributed by atoms with Crippen LogP contribution in [-0.2, 0) is 6.18 Å². The Bertz CT molecular complexity index is 748. The molecule has 1 heterocycles. The molecule has 0 aliphatic carbocycles. The number of nitrogens with zero attached hydrogens (tertiary/aromatic N) is 2. The van der Waals surface area contributed by atoms with Crippen LogP contribution in [0.2, 0.25) is 5.02 Å². The third-order valence-electron chi connectivity index (χ3n) is 3.12. The quantitative estimate of drug-likeness (QED) is 0.812. The first kappa shape index (κ1) is 19.0. The summed E-state index contributed by atoms with van der Waals surface area (Å²) in [6.07, 6.45) is -4.61. The summed E-state index contributed by atoms with van der Waals surface area (Å²) in [5.74, 6) is 0.256. The number of benzene rings is 1. The fourth-order valence-electron chi connectivity index (χ4n) is 1.87. The number of amides is 1. The molecule has 0 aliphatic rings. The SMILES string of the molecule is CC(C)CNc1ccc(C(=O)Nc2ccc(Cl)c(C(F)(F)F)c2)nn1. The molecular weight excluding hydrogens is 357 g/mol. The normalized spacial score (nSPS) is 11.5. The number of hydrogen-bond donors (Lipinski definition) is 2. The second-order valence-corrected chi connectivity index (χ2v) is 6.13. The topological polar surface area (TPSA) is 66.9 Å². The van der Waals surface area contributed by atoms with Gasteiger partial charge in [0.1, 0.15) is 5.82 Å². The second kappa shape index (κ2) is 7.69. The summed E-state index contributed by atoms with van der Waals surface area (Å²) in [4.78, 5) is 12.1. The van der Waals surface area contributed by atoms with Crippen LogP contribution in [0.4, 0.5) is 24.7 Å². The van der Waals surface area contributed by atoms with E-state index >= 15 is 0 Å². The van der Waals surface area contributed by atoms with Crippen LogP contribution in [0.3, 0.4) is 0 Å². The average molecular weight is 373 g/mol. The zero-order valence-corrected chi connectivity index (χ0v) is 14.2. The fourth-order valence-corrected chi connectivity index (χ4v) is 2.10. The Morgan fingerprint density at radius 3 is 2.48 bits per heavy atom. The van der Waals surface area contributed by atoms with Gasteiger partial charge in [-0.25, -0.2) is 0 Å². The van der Waals surface area contributed by atoms with Crippen molar-refractivity contribution in [2.24, 2.45) is 5.92 Å². The molecule has 1 amide bonds. The minimum atomic E-state index is -4.61. The lowest BCUT2D eigenvalue weighted by molar-refractivity contribution is -0.137. The van der Waals surface area contributed by atoms with Crippen LogP contribution >= 0.6 is 11.6 Å². The third kappa shape index (κ3) is 5.32. The van der Waals surface area contributed by atoms with Gasteiger partial charge in [0.05, 0.1) is 10.6 Å². The molecule has 1 aromatic carbocycles. The number of carbonyl (C=O) groups excluding carboxylic acids is 1. The molecular formula is C16H16ClF3N4O.